The minimum atomic E-state index is -0.219. The van der Waals surface area contributed by atoms with Crippen molar-refractivity contribution >= 4 is 35.5 Å². The summed E-state index contributed by atoms with van der Waals surface area (Å²) in [6.07, 6.45) is 4.91. The topological polar surface area (TPSA) is 72.2 Å². The molecule has 0 aliphatic heterocycles. The number of nitrogens with one attached hydrogen (secondary N) is 1. The fourth-order valence-corrected chi connectivity index (χ4v) is 3.43. The van der Waals surface area contributed by atoms with E-state index in [1.807, 2.05) is 44.2 Å². The van der Waals surface area contributed by atoms with Crippen LogP contribution in [0.4, 0.5) is 0 Å². The van der Waals surface area contributed by atoms with E-state index in [-0.39, 0.29) is 11.7 Å². The monoisotopic (exact) mass is 399 g/mol. The van der Waals surface area contributed by atoms with Crippen LogP contribution in [-0.2, 0) is 4.79 Å². The van der Waals surface area contributed by atoms with Crippen molar-refractivity contribution in [3.05, 3.63) is 70.8 Å². The van der Waals surface area contributed by atoms with Gasteiger partial charge in [-0.05, 0) is 38.1 Å². The highest BCUT2D eigenvalue weighted by Crippen LogP contribution is 2.25. The van der Waals surface area contributed by atoms with Crippen LogP contribution in [0.15, 0.2) is 59.0 Å². The summed E-state index contributed by atoms with van der Waals surface area (Å²) in [5, 5.41) is 5.29. The quantitative estimate of drug-likeness (QED) is 0.296. The third-order valence-electron chi connectivity index (χ3n) is 3.83. The van der Waals surface area contributed by atoms with Gasteiger partial charge in [0.1, 0.15) is 0 Å². The lowest BCUT2D eigenvalue weighted by atomic mass is 10.2. The zero-order chi connectivity index (χ0) is 19.2. The van der Waals surface area contributed by atoms with Crippen molar-refractivity contribution in [2.45, 2.75) is 19.0 Å². The van der Waals surface area contributed by atoms with E-state index in [2.05, 4.69) is 25.1 Å². The second kappa shape index (κ2) is 8.83. The molecular formula is C19H18ClN5OS. The number of halogens is 1. The van der Waals surface area contributed by atoms with Gasteiger partial charge in [-0.2, -0.15) is 5.10 Å². The van der Waals surface area contributed by atoms with Gasteiger partial charge < -0.3 is 4.57 Å². The number of thioether (sulfide) groups is 1. The van der Waals surface area contributed by atoms with E-state index in [1.54, 1.807) is 24.7 Å². The fraction of sp³-hybridized carbons (Fsp3) is 0.158. The molecule has 1 aromatic carbocycles. The molecule has 0 unspecified atom stereocenters. The van der Waals surface area contributed by atoms with Gasteiger partial charge >= 0.3 is 0 Å². The van der Waals surface area contributed by atoms with Gasteiger partial charge in [0.25, 0.3) is 5.91 Å². The zero-order valence-electron chi connectivity index (χ0n) is 14.9. The third-order valence-corrected chi connectivity index (χ3v) is 5.03. The summed E-state index contributed by atoms with van der Waals surface area (Å²) in [5.41, 5.74) is 6.37. The Balaban J connectivity index is 1.65. The SMILES string of the molecule is Cc1cc(/C=N/NC(=O)CSc2ncccn2)c(C)n1-c1ccccc1Cl. The van der Waals surface area contributed by atoms with E-state index in [9.17, 15) is 4.79 Å². The van der Waals surface area contributed by atoms with Crippen LogP contribution in [0.2, 0.25) is 5.02 Å². The molecule has 8 heteroatoms. The van der Waals surface area contributed by atoms with Crippen LogP contribution in [0.3, 0.4) is 0 Å². The molecule has 0 saturated carbocycles. The van der Waals surface area contributed by atoms with Gasteiger partial charge in [-0.1, -0.05) is 35.5 Å². The summed E-state index contributed by atoms with van der Waals surface area (Å²) in [6, 6.07) is 11.4. The molecule has 27 heavy (non-hydrogen) atoms. The van der Waals surface area contributed by atoms with Gasteiger partial charge in [-0.25, -0.2) is 15.4 Å². The largest absolute Gasteiger partial charge is 0.316 e. The lowest BCUT2D eigenvalue weighted by Gasteiger charge is -2.11. The minimum absolute atomic E-state index is 0.194. The number of carbonyl (C=O) groups excluding carboxylic acids is 1. The Kier molecular flexibility index (Phi) is 6.26. The first-order chi connectivity index (χ1) is 13.1. The number of benzene rings is 1. The maximum Gasteiger partial charge on any atom is 0.250 e. The molecule has 1 N–H and O–H groups in total. The number of para-hydroxylation sites is 1. The first-order valence-corrected chi connectivity index (χ1v) is 9.58. The third kappa shape index (κ3) is 4.75. The van der Waals surface area contributed by atoms with Gasteiger partial charge in [0, 0.05) is 29.3 Å². The van der Waals surface area contributed by atoms with Crippen LogP contribution in [0.25, 0.3) is 5.69 Å². The van der Waals surface area contributed by atoms with Gasteiger partial charge in [-0.15, -0.1) is 0 Å². The van der Waals surface area contributed by atoms with Crippen molar-refractivity contribution < 1.29 is 4.79 Å². The van der Waals surface area contributed by atoms with E-state index in [0.29, 0.717) is 10.2 Å². The lowest BCUT2D eigenvalue weighted by molar-refractivity contribution is -0.118. The molecule has 2 aromatic heterocycles. The van der Waals surface area contributed by atoms with E-state index in [0.717, 1.165) is 22.6 Å². The average Bonchev–Trinajstić information content (AvgIpc) is 2.95. The molecule has 6 nitrogen and oxygen atoms in total. The van der Waals surface area contributed by atoms with Gasteiger partial charge in [0.15, 0.2) is 5.16 Å². The summed E-state index contributed by atoms with van der Waals surface area (Å²) in [6.45, 7) is 3.99. The predicted molar refractivity (Wildman–Crippen MR) is 109 cm³/mol. The predicted octanol–water partition coefficient (Wildman–Crippen LogP) is 3.78. The molecule has 0 bridgehead atoms. The Labute approximate surface area is 166 Å². The molecule has 3 rings (SSSR count). The van der Waals surface area contributed by atoms with Crippen molar-refractivity contribution in [3.8, 4) is 5.69 Å². The van der Waals surface area contributed by atoms with Crippen LogP contribution in [0, 0.1) is 13.8 Å². The number of hydrazone groups is 1. The Morgan fingerprint density at radius 1 is 1.26 bits per heavy atom. The molecule has 1 amide bonds. The zero-order valence-corrected chi connectivity index (χ0v) is 16.5. The Bertz CT molecular complexity index is 971. The number of carbonyl (C=O) groups is 1. The normalized spacial score (nSPS) is 11.1. The maximum atomic E-state index is 11.9. The summed E-state index contributed by atoms with van der Waals surface area (Å²) in [4.78, 5) is 20.0. The highest BCUT2D eigenvalue weighted by Gasteiger charge is 2.11. The van der Waals surface area contributed by atoms with Crippen molar-refractivity contribution in [3.63, 3.8) is 0 Å². The van der Waals surface area contributed by atoms with Crippen LogP contribution in [-0.4, -0.2) is 32.4 Å². The van der Waals surface area contributed by atoms with Crippen molar-refractivity contribution in [1.82, 2.24) is 20.0 Å². The molecule has 0 atom stereocenters. The van der Waals surface area contributed by atoms with Gasteiger partial charge in [0.05, 0.1) is 22.7 Å². The Hall–Kier alpha value is -2.64. The summed E-state index contributed by atoms with van der Waals surface area (Å²) in [5.74, 6) is -0.0244. The molecule has 0 aliphatic carbocycles. The first kappa shape index (κ1) is 19.1. The van der Waals surface area contributed by atoms with E-state index < -0.39 is 0 Å². The maximum absolute atomic E-state index is 11.9. The number of nitrogens with zero attached hydrogens (tertiary/aromatic N) is 4. The molecule has 138 valence electrons. The molecule has 0 aliphatic rings. The number of aryl methyl sites for hydroxylation is 1. The second-order valence-corrected chi connectivity index (χ2v) is 7.08. The first-order valence-electron chi connectivity index (χ1n) is 8.22. The molecule has 0 saturated heterocycles. The molecule has 0 radical (unpaired) electrons. The highest BCUT2D eigenvalue weighted by molar-refractivity contribution is 7.99. The molecule has 3 aromatic rings. The van der Waals surface area contributed by atoms with Crippen molar-refractivity contribution in [1.29, 1.82) is 0 Å². The van der Waals surface area contributed by atoms with Crippen LogP contribution >= 0.6 is 23.4 Å². The van der Waals surface area contributed by atoms with Crippen LogP contribution in [0.5, 0.6) is 0 Å². The summed E-state index contributed by atoms with van der Waals surface area (Å²) < 4.78 is 2.06. The molecule has 0 spiro atoms. The van der Waals surface area contributed by atoms with Crippen molar-refractivity contribution in [2.75, 3.05) is 5.75 Å². The number of amides is 1. The number of rotatable bonds is 6. The van der Waals surface area contributed by atoms with Gasteiger partial charge in [0.2, 0.25) is 0 Å². The van der Waals surface area contributed by atoms with E-state index in [1.165, 1.54) is 11.8 Å². The minimum Gasteiger partial charge on any atom is -0.316 e. The molecule has 2 heterocycles. The molecule has 0 fully saturated rings. The Morgan fingerprint density at radius 3 is 2.74 bits per heavy atom. The fourth-order valence-electron chi connectivity index (χ4n) is 2.62. The Morgan fingerprint density at radius 2 is 2.00 bits per heavy atom. The van der Waals surface area contributed by atoms with E-state index in [4.69, 9.17) is 11.6 Å². The molecular weight excluding hydrogens is 382 g/mol. The van der Waals surface area contributed by atoms with Crippen LogP contribution in [0.1, 0.15) is 17.0 Å². The summed E-state index contributed by atoms with van der Waals surface area (Å²) in [7, 11) is 0. The smallest absolute Gasteiger partial charge is 0.250 e. The summed E-state index contributed by atoms with van der Waals surface area (Å²) >= 11 is 7.58. The number of hydrogen-bond acceptors (Lipinski definition) is 5. The number of aromatic nitrogens is 3. The van der Waals surface area contributed by atoms with Gasteiger partial charge in [-0.3, -0.25) is 4.79 Å². The lowest BCUT2D eigenvalue weighted by Crippen LogP contribution is -2.19. The number of hydrogen-bond donors (Lipinski definition) is 1. The average molecular weight is 400 g/mol. The van der Waals surface area contributed by atoms with Crippen LogP contribution < -0.4 is 5.43 Å². The highest BCUT2D eigenvalue weighted by atomic mass is 35.5. The second-order valence-electron chi connectivity index (χ2n) is 5.73. The van der Waals surface area contributed by atoms with Crippen molar-refractivity contribution in [2.24, 2.45) is 5.10 Å². The standard InChI is InChI=1S/C19H18ClN5OS/c1-13-10-15(14(2)25(13)17-7-4-3-6-16(17)20)11-23-24-18(26)12-27-19-21-8-5-9-22-19/h3-11H,12H2,1-2H3,(H,24,26)/b23-11+. The van der Waals surface area contributed by atoms with E-state index >= 15 is 0 Å².